The number of carbonyl (C=O) groups is 1. The van der Waals surface area contributed by atoms with Gasteiger partial charge in [0.05, 0.1) is 0 Å². The van der Waals surface area contributed by atoms with Crippen LogP contribution in [0, 0.1) is 5.92 Å². The molecule has 1 rings (SSSR count). The van der Waals surface area contributed by atoms with E-state index in [4.69, 9.17) is 5.73 Å². The van der Waals surface area contributed by atoms with Crippen LogP contribution in [0.4, 0.5) is 0 Å². The van der Waals surface area contributed by atoms with E-state index >= 15 is 0 Å². The molecule has 0 bridgehead atoms. The van der Waals surface area contributed by atoms with Gasteiger partial charge in [-0.2, -0.15) is 0 Å². The summed E-state index contributed by atoms with van der Waals surface area (Å²) in [6, 6.07) is 0.430. The summed E-state index contributed by atoms with van der Waals surface area (Å²) < 4.78 is 0. The average molecular weight is 184 g/mol. The van der Waals surface area contributed by atoms with Gasteiger partial charge in [-0.05, 0) is 26.2 Å². The van der Waals surface area contributed by atoms with Gasteiger partial charge in [-0.25, -0.2) is 0 Å². The Morgan fingerprint density at radius 1 is 1.62 bits per heavy atom. The van der Waals surface area contributed by atoms with Crippen molar-refractivity contribution in [3.8, 4) is 0 Å². The van der Waals surface area contributed by atoms with Crippen LogP contribution in [-0.2, 0) is 4.79 Å². The number of amides is 1. The van der Waals surface area contributed by atoms with Gasteiger partial charge in [0.25, 0.3) is 0 Å². The predicted molar refractivity (Wildman–Crippen MR) is 53.2 cm³/mol. The first kappa shape index (κ1) is 10.5. The van der Waals surface area contributed by atoms with Crippen molar-refractivity contribution in [2.75, 3.05) is 0 Å². The van der Waals surface area contributed by atoms with E-state index < -0.39 is 0 Å². The Bertz CT molecular complexity index is 196. The van der Waals surface area contributed by atoms with Crippen LogP contribution in [0.15, 0.2) is 0 Å². The van der Waals surface area contributed by atoms with E-state index in [0.717, 1.165) is 12.8 Å². The maximum absolute atomic E-state index is 11.4. The van der Waals surface area contributed by atoms with Crippen LogP contribution in [0.3, 0.4) is 0 Å². The first-order valence-electron chi connectivity index (χ1n) is 5.00. The third-order valence-electron chi connectivity index (χ3n) is 2.41. The lowest BCUT2D eigenvalue weighted by Crippen LogP contribution is -2.39. The van der Waals surface area contributed by atoms with Gasteiger partial charge in [0.1, 0.15) is 0 Å². The van der Waals surface area contributed by atoms with Gasteiger partial charge in [0, 0.05) is 18.0 Å². The largest absolute Gasteiger partial charge is 0.353 e. The summed E-state index contributed by atoms with van der Waals surface area (Å²) in [6.07, 6.45) is 2.73. The Kier molecular flexibility index (Phi) is 2.96. The fourth-order valence-electron chi connectivity index (χ4n) is 1.55. The maximum atomic E-state index is 11.4. The second-order valence-corrected chi connectivity index (χ2v) is 4.74. The van der Waals surface area contributed by atoms with Crippen LogP contribution in [0.5, 0.6) is 0 Å². The number of hydrogen-bond acceptors (Lipinski definition) is 2. The Hall–Kier alpha value is -0.570. The monoisotopic (exact) mass is 184 g/mol. The lowest BCUT2D eigenvalue weighted by molar-refractivity contribution is -0.122. The molecule has 1 saturated carbocycles. The lowest BCUT2D eigenvalue weighted by Gasteiger charge is -2.17. The number of carbonyl (C=O) groups excluding carboxylic acids is 1. The zero-order chi connectivity index (χ0) is 10.1. The highest BCUT2D eigenvalue weighted by Crippen LogP contribution is 2.33. The summed E-state index contributed by atoms with van der Waals surface area (Å²) in [5, 5.41) is 2.99. The second-order valence-electron chi connectivity index (χ2n) is 4.74. The summed E-state index contributed by atoms with van der Waals surface area (Å²) in [5.41, 5.74) is 5.35. The van der Waals surface area contributed by atoms with E-state index in [9.17, 15) is 4.79 Å². The fraction of sp³-hybridized carbons (Fsp3) is 0.900. The van der Waals surface area contributed by atoms with Gasteiger partial charge in [0.2, 0.25) is 5.91 Å². The van der Waals surface area contributed by atoms with Crippen LogP contribution in [0.25, 0.3) is 0 Å². The first-order chi connectivity index (χ1) is 5.92. The highest BCUT2D eigenvalue weighted by molar-refractivity contribution is 5.77. The number of rotatable bonds is 4. The molecule has 3 heteroatoms. The molecule has 1 amide bonds. The van der Waals surface area contributed by atoms with Crippen molar-refractivity contribution in [2.24, 2.45) is 11.7 Å². The number of hydrogen-bond donors (Lipinski definition) is 2. The smallest absolute Gasteiger partial charge is 0.222 e. The quantitative estimate of drug-likeness (QED) is 0.685. The normalized spacial score (nSPS) is 27.1. The zero-order valence-corrected chi connectivity index (χ0v) is 8.76. The van der Waals surface area contributed by atoms with E-state index in [1.807, 2.05) is 13.8 Å². The predicted octanol–water partition coefficient (Wildman–Crippen LogP) is 1.03. The van der Waals surface area contributed by atoms with Crippen molar-refractivity contribution < 1.29 is 4.79 Å². The van der Waals surface area contributed by atoms with Gasteiger partial charge in [0.15, 0.2) is 0 Å². The van der Waals surface area contributed by atoms with E-state index in [2.05, 4.69) is 12.2 Å². The average Bonchev–Trinajstić information content (AvgIpc) is 2.62. The van der Waals surface area contributed by atoms with Crippen molar-refractivity contribution >= 4 is 5.91 Å². The molecule has 3 N–H and O–H groups in total. The molecule has 1 fully saturated rings. The molecule has 2 unspecified atom stereocenters. The number of nitrogens with two attached hydrogens (primary N) is 1. The molecule has 0 radical (unpaired) electrons. The Balaban J connectivity index is 2.20. The minimum absolute atomic E-state index is 0.0912. The Morgan fingerprint density at radius 3 is 2.62 bits per heavy atom. The molecule has 1 aliphatic carbocycles. The molecule has 0 aromatic carbocycles. The van der Waals surface area contributed by atoms with Crippen molar-refractivity contribution in [3.05, 3.63) is 0 Å². The van der Waals surface area contributed by atoms with Crippen LogP contribution in [0.2, 0.25) is 0 Å². The Labute approximate surface area is 80.1 Å². The van der Waals surface area contributed by atoms with Gasteiger partial charge in [-0.1, -0.05) is 13.3 Å². The molecule has 2 atom stereocenters. The zero-order valence-electron chi connectivity index (χ0n) is 8.76. The molecule has 76 valence electrons. The standard InChI is InChI=1S/C10H20N2O/c1-4-7-5-8(7)12-9(13)6-10(2,3)11/h7-8H,4-6,11H2,1-3H3,(H,12,13). The van der Waals surface area contributed by atoms with Crippen LogP contribution in [0.1, 0.15) is 40.0 Å². The summed E-state index contributed by atoms with van der Waals surface area (Å²) >= 11 is 0. The molecule has 0 saturated heterocycles. The van der Waals surface area contributed by atoms with Crippen LogP contribution in [-0.4, -0.2) is 17.5 Å². The number of nitrogens with one attached hydrogen (secondary N) is 1. The van der Waals surface area contributed by atoms with Crippen molar-refractivity contribution in [1.29, 1.82) is 0 Å². The molecule has 13 heavy (non-hydrogen) atoms. The van der Waals surface area contributed by atoms with Gasteiger partial charge in [-0.15, -0.1) is 0 Å². The summed E-state index contributed by atoms with van der Waals surface area (Å²) in [4.78, 5) is 11.4. The summed E-state index contributed by atoms with van der Waals surface area (Å²) in [6.45, 7) is 5.90. The minimum atomic E-state index is -0.388. The molecule has 1 aliphatic rings. The van der Waals surface area contributed by atoms with E-state index in [-0.39, 0.29) is 11.4 Å². The van der Waals surface area contributed by atoms with E-state index in [1.54, 1.807) is 0 Å². The van der Waals surface area contributed by atoms with Crippen molar-refractivity contribution in [1.82, 2.24) is 5.32 Å². The van der Waals surface area contributed by atoms with Gasteiger partial charge >= 0.3 is 0 Å². The van der Waals surface area contributed by atoms with E-state index in [0.29, 0.717) is 18.4 Å². The summed E-state index contributed by atoms with van der Waals surface area (Å²) in [5.74, 6) is 0.804. The highest BCUT2D eigenvalue weighted by Gasteiger charge is 2.36. The highest BCUT2D eigenvalue weighted by atomic mass is 16.1. The van der Waals surface area contributed by atoms with Gasteiger partial charge < -0.3 is 11.1 Å². The molecule has 0 spiro atoms. The molecular weight excluding hydrogens is 164 g/mol. The molecule has 3 nitrogen and oxygen atoms in total. The minimum Gasteiger partial charge on any atom is -0.353 e. The molecule has 0 aromatic heterocycles. The fourth-order valence-corrected chi connectivity index (χ4v) is 1.55. The van der Waals surface area contributed by atoms with E-state index in [1.165, 1.54) is 0 Å². The molecule has 0 aromatic rings. The van der Waals surface area contributed by atoms with Crippen molar-refractivity contribution in [2.45, 2.75) is 51.6 Å². The van der Waals surface area contributed by atoms with Crippen LogP contribution < -0.4 is 11.1 Å². The lowest BCUT2D eigenvalue weighted by atomic mass is 10.0. The SMILES string of the molecule is CCC1CC1NC(=O)CC(C)(C)N. The molecule has 0 aliphatic heterocycles. The summed E-state index contributed by atoms with van der Waals surface area (Å²) in [7, 11) is 0. The Morgan fingerprint density at radius 2 is 2.23 bits per heavy atom. The third kappa shape index (κ3) is 3.77. The van der Waals surface area contributed by atoms with Gasteiger partial charge in [-0.3, -0.25) is 4.79 Å². The van der Waals surface area contributed by atoms with Crippen LogP contribution >= 0.6 is 0 Å². The maximum Gasteiger partial charge on any atom is 0.222 e. The topological polar surface area (TPSA) is 55.1 Å². The molecular formula is C10H20N2O. The van der Waals surface area contributed by atoms with Crippen molar-refractivity contribution in [3.63, 3.8) is 0 Å². The first-order valence-corrected chi connectivity index (χ1v) is 5.00. The third-order valence-corrected chi connectivity index (χ3v) is 2.41. The molecule has 0 heterocycles. The second kappa shape index (κ2) is 3.66.